The number of imide groups is 1. The highest BCUT2D eigenvalue weighted by Crippen LogP contribution is 2.59. The van der Waals surface area contributed by atoms with Gasteiger partial charge < -0.3 is 14.6 Å². The number of rotatable bonds is 8. The molecule has 2 aromatic heterocycles. The van der Waals surface area contributed by atoms with Gasteiger partial charge in [0.15, 0.2) is 17.3 Å². The van der Waals surface area contributed by atoms with E-state index in [0.29, 0.717) is 44.7 Å². The lowest BCUT2D eigenvalue weighted by molar-refractivity contribution is -0.139. The maximum atomic E-state index is 15.3. The summed E-state index contributed by atoms with van der Waals surface area (Å²) in [6, 6.07) is 17.4. The van der Waals surface area contributed by atoms with Crippen LogP contribution in [0.2, 0.25) is 10.0 Å². The van der Waals surface area contributed by atoms with Crippen molar-refractivity contribution in [3.05, 3.63) is 144 Å². The van der Waals surface area contributed by atoms with Crippen molar-refractivity contribution in [1.82, 2.24) is 23.9 Å². The number of nitrogens with one attached hydrogen (secondary N) is 1. The number of allylic oxidation sites excluding steroid dienone is 3. The third kappa shape index (κ3) is 5.97. The number of alkyl halides is 3. The average Bonchev–Trinajstić information content (AvgIpc) is 3.59. The molecule has 3 aromatic carbocycles. The summed E-state index contributed by atoms with van der Waals surface area (Å²) in [4.78, 5) is 62.1. The molecule has 298 valence electrons. The number of anilines is 1. The normalized spacial score (nSPS) is 21.4. The van der Waals surface area contributed by atoms with Crippen molar-refractivity contribution in [2.24, 2.45) is 11.8 Å². The van der Waals surface area contributed by atoms with E-state index in [2.05, 4.69) is 10.4 Å². The summed E-state index contributed by atoms with van der Waals surface area (Å²) < 4.78 is 54.9. The predicted molar refractivity (Wildman–Crippen MR) is 206 cm³/mol. The first kappa shape index (κ1) is 38.6. The molecular formula is C40H31Cl2F3N6O7. The maximum Gasteiger partial charge on any atom is 0.417 e. The Morgan fingerprint density at radius 2 is 1.62 bits per heavy atom. The highest BCUT2D eigenvalue weighted by atomic mass is 35.5. The van der Waals surface area contributed by atoms with Crippen LogP contribution in [-0.4, -0.2) is 55.1 Å². The molecular weight excluding hydrogens is 804 g/mol. The summed E-state index contributed by atoms with van der Waals surface area (Å²) in [5.41, 5.74) is 0.0747. The number of carbonyl (C=O) groups excluding carboxylic acids is 2. The summed E-state index contributed by atoms with van der Waals surface area (Å²) in [7, 11) is 2.73. The van der Waals surface area contributed by atoms with E-state index in [9.17, 15) is 32.7 Å². The van der Waals surface area contributed by atoms with Crippen LogP contribution in [-0.2, 0) is 27.7 Å². The van der Waals surface area contributed by atoms with Crippen molar-refractivity contribution < 1.29 is 37.3 Å². The Bertz CT molecular complexity index is 2650. The molecule has 58 heavy (non-hydrogen) atoms. The number of nitrogens with zero attached hydrogens (tertiary/aromatic N) is 5. The quantitative estimate of drug-likeness (QED) is 0.134. The lowest BCUT2D eigenvalue weighted by atomic mass is 9.54. The molecule has 13 nitrogen and oxygen atoms in total. The van der Waals surface area contributed by atoms with E-state index in [0.717, 1.165) is 4.57 Å². The summed E-state index contributed by atoms with van der Waals surface area (Å²) in [6.07, 6.45) is 0.689. The lowest BCUT2D eigenvalue weighted by Gasteiger charge is -2.47. The second kappa shape index (κ2) is 14.3. The van der Waals surface area contributed by atoms with Gasteiger partial charge in [-0.2, -0.15) is 18.2 Å². The Morgan fingerprint density at radius 1 is 0.948 bits per heavy atom. The molecule has 2 amide bonds. The summed E-state index contributed by atoms with van der Waals surface area (Å²) >= 11 is 12.6. The zero-order valence-corrected chi connectivity index (χ0v) is 31.9. The highest BCUT2D eigenvalue weighted by Gasteiger charge is 2.68. The number of fused-ring (bicyclic) bond motifs is 4. The standard InChI is InChI=1S/C40H31Cl2F3N6O7/c1-57-31-16-21(17-32(58-2)33(31)52)8-13-27-26-14-15-48-37(55)49(25-6-4-3-5-7-25)38(56)51(48)30(26)19-28-35(53)50(36(54)39(27,28)22-9-11-24(41)12-10-22)47-34-29(42)18-23(20-46-34)40(43,44)45/h3-14,16-18,20,27-28,30,52H,15,19H2,1-2H3,(H,46,47). The first-order valence-electron chi connectivity index (χ1n) is 17.7. The number of phenolic OH excluding ortho intramolecular Hbond substituents is 1. The van der Waals surface area contributed by atoms with Crippen LogP contribution in [0.4, 0.5) is 19.0 Å². The number of phenols is 1. The van der Waals surface area contributed by atoms with Crippen molar-refractivity contribution in [2.75, 3.05) is 19.6 Å². The number of para-hydroxylation sites is 1. The fourth-order valence-corrected chi connectivity index (χ4v) is 8.64. The molecule has 2 fully saturated rings. The number of amides is 2. The van der Waals surface area contributed by atoms with E-state index in [-0.39, 0.29) is 30.2 Å². The van der Waals surface area contributed by atoms with Gasteiger partial charge in [0.1, 0.15) is 0 Å². The summed E-state index contributed by atoms with van der Waals surface area (Å²) in [5.74, 6) is -4.34. The number of hydrazine groups is 1. The Labute approximate surface area is 336 Å². The molecule has 4 heterocycles. The van der Waals surface area contributed by atoms with Gasteiger partial charge in [-0.3, -0.25) is 15.0 Å². The molecule has 8 rings (SSSR count). The number of aromatic nitrogens is 4. The molecule has 0 radical (unpaired) electrons. The van der Waals surface area contributed by atoms with Gasteiger partial charge in [0, 0.05) is 17.1 Å². The zero-order chi connectivity index (χ0) is 41.3. The van der Waals surface area contributed by atoms with Gasteiger partial charge in [0.25, 0.3) is 11.8 Å². The second-order valence-corrected chi connectivity index (χ2v) is 14.6. The van der Waals surface area contributed by atoms with Crippen molar-refractivity contribution in [3.63, 3.8) is 0 Å². The van der Waals surface area contributed by atoms with E-state index < -0.39 is 69.1 Å². The summed E-state index contributed by atoms with van der Waals surface area (Å²) in [5, 5.41) is 11.1. The van der Waals surface area contributed by atoms with E-state index >= 15 is 4.79 Å². The zero-order valence-electron chi connectivity index (χ0n) is 30.4. The molecule has 18 heteroatoms. The van der Waals surface area contributed by atoms with Crippen LogP contribution in [0.15, 0.2) is 106 Å². The van der Waals surface area contributed by atoms with Crippen LogP contribution in [0.3, 0.4) is 0 Å². The molecule has 2 N–H and O–H groups in total. The number of carbonyl (C=O) groups is 2. The third-order valence-corrected chi connectivity index (χ3v) is 11.4. The number of methoxy groups -OCH3 is 2. The Hall–Kier alpha value is -6.26. The topological polar surface area (TPSA) is 150 Å². The Morgan fingerprint density at radius 3 is 2.24 bits per heavy atom. The van der Waals surface area contributed by atoms with Crippen LogP contribution in [0, 0.1) is 11.8 Å². The average molecular weight is 836 g/mol. The fourth-order valence-electron chi connectivity index (χ4n) is 8.30. The van der Waals surface area contributed by atoms with Crippen LogP contribution in [0.25, 0.3) is 11.8 Å². The molecule has 4 unspecified atom stereocenters. The van der Waals surface area contributed by atoms with Crippen molar-refractivity contribution >= 4 is 46.9 Å². The molecule has 1 saturated heterocycles. The minimum absolute atomic E-state index is 0.0680. The van der Waals surface area contributed by atoms with Gasteiger partial charge in [-0.15, -0.1) is 0 Å². The van der Waals surface area contributed by atoms with Crippen LogP contribution in [0.5, 0.6) is 17.2 Å². The van der Waals surface area contributed by atoms with E-state index in [1.165, 1.54) is 35.7 Å². The number of aromatic hydroxyl groups is 1. The van der Waals surface area contributed by atoms with Gasteiger partial charge in [0.2, 0.25) is 5.75 Å². The lowest BCUT2D eigenvalue weighted by Crippen LogP contribution is -2.54. The van der Waals surface area contributed by atoms with Crippen LogP contribution in [0.1, 0.15) is 29.2 Å². The van der Waals surface area contributed by atoms with Crippen LogP contribution >= 0.6 is 23.2 Å². The first-order valence-corrected chi connectivity index (χ1v) is 18.4. The van der Waals surface area contributed by atoms with Crippen molar-refractivity contribution in [1.29, 1.82) is 0 Å². The van der Waals surface area contributed by atoms with E-state index in [1.54, 1.807) is 72.8 Å². The molecule has 0 bridgehead atoms. The van der Waals surface area contributed by atoms with Gasteiger partial charge in [0.05, 0.1) is 54.4 Å². The number of pyridine rings is 1. The maximum absolute atomic E-state index is 15.3. The monoisotopic (exact) mass is 834 g/mol. The van der Waals surface area contributed by atoms with Gasteiger partial charge in [-0.1, -0.05) is 71.8 Å². The second-order valence-electron chi connectivity index (χ2n) is 13.8. The number of hydrogen-bond acceptors (Lipinski definition) is 9. The number of halogens is 5. The summed E-state index contributed by atoms with van der Waals surface area (Å²) in [6.45, 7) is -0.0680. The van der Waals surface area contributed by atoms with Crippen LogP contribution < -0.4 is 26.3 Å². The SMILES string of the molecule is COc1cc(C=CC2C3=CCn4c(=O)n(-c5ccccc5)c(=O)n4C3CC3C(=O)N(Nc4ncc(C(F)(F)F)cc4Cl)C(=O)C23c2ccc(Cl)cc2)cc(OC)c1O. The molecule has 3 aliphatic rings. The molecule has 4 atom stereocenters. The van der Waals surface area contributed by atoms with E-state index in [1.807, 2.05) is 0 Å². The third-order valence-electron chi connectivity index (χ3n) is 10.9. The minimum atomic E-state index is -4.77. The first-order chi connectivity index (χ1) is 27.7. The largest absolute Gasteiger partial charge is 0.502 e. The molecule has 0 spiro atoms. The van der Waals surface area contributed by atoms with Gasteiger partial charge >= 0.3 is 17.6 Å². The fraction of sp³-hybridized carbons (Fsp3) is 0.225. The Balaban J connectivity index is 1.34. The molecule has 2 aliphatic heterocycles. The minimum Gasteiger partial charge on any atom is -0.502 e. The smallest absolute Gasteiger partial charge is 0.417 e. The van der Waals surface area contributed by atoms with Crippen molar-refractivity contribution in [3.8, 4) is 22.9 Å². The van der Waals surface area contributed by atoms with Crippen molar-refractivity contribution in [2.45, 2.75) is 30.6 Å². The van der Waals surface area contributed by atoms with Gasteiger partial charge in [-0.05, 0) is 65.6 Å². The molecule has 1 saturated carbocycles. The van der Waals surface area contributed by atoms with Gasteiger partial charge in [-0.25, -0.2) is 28.5 Å². The molecule has 1 aliphatic carbocycles. The van der Waals surface area contributed by atoms with E-state index in [4.69, 9.17) is 32.7 Å². The predicted octanol–water partition coefficient (Wildman–Crippen LogP) is 6.41. The molecule has 5 aromatic rings. The number of hydrogen-bond donors (Lipinski definition) is 2. The number of benzene rings is 3. The Kier molecular flexibility index (Phi) is 9.51. The highest BCUT2D eigenvalue weighted by molar-refractivity contribution is 6.33. The number of ether oxygens (including phenoxy) is 2.